The Morgan fingerprint density at radius 3 is 2.95 bits per heavy atom. The SMILES string of the molecule is N#CCN1CCC[C@H]1CO/N=C/c1ccc2ncnc(Nc3ccc(OCc4cccc(F)c4)c(Cl)c3)c2c1. The number of nitriles is 1. The van der Waals surface area contributed by atoms with Crippen molar-refractivity contribution in [3.05, 3.63) is 89.0 Å². The first-order chi connectivity index (χ1) is 19.1. The Kier molecular flexibility index (Phi) is 8.46. The third-order valence-electron chi connectivity index (χ3n) is 6.45. The van der Waals surface area contributed by atoms with E-state index in [4.69, 9.17) is 26.4 Å². The minimum atomic E-state index is -0.312. The Hall–Kier alpha value is -4.26. The summed E-state index contributed by atoms with van der Waals surface area (Å²) in [6.45, 7) is 1.98. The van der Waals surface area contributed by atoms with Gasteiger partial charge in [-0.1, -0.05) is 35.0 Å². The lowest BCUT2D eigenvalue weighted by Crippen LogP contribution is -2.32. The molecule has 8 nitrogen and oxygen atoms in total. The van der Waals surface area contributed by atoms with E-state index in [0.29, 0.717) is 35.3 Å². The minimum absolute atomic E-state index is 0.202. The molecule has 1 aliphatic heterocycles. The molecule has 1 fully saturated rings. The van der Waals surface area contributed by atoms with Crippen molar-refractivity contribution in [3.8, 4) is 11.8 Å². The smallest absolute Gasteiger partial charge is 0.141 e. The average molecular weight is 545 g/mol. The number of oxime groups is 1. The second kappa shape index (κ2) is 12.5. The Morgan fingerprint density at radius 2 is 2.10 bits per heavy atom. The molecule has 39 heavy (non-hydrogen) atoms. The first-order valence-electron chi connectivity index (χ1n) is 12.5. The highest BCUT2D eigenvalue weighted by molar-refractivity contribution is 6.32. The first-order valence-corrected chi connectivity index (χ1v) is 12.9. The standard InChI is InChI=1S/C29H26ClFN6O2/c30-26-15-23(7-9-28(26)38-17-21-3-1-4-22(31)13-21)36-29-25-14-20(6-8-27(25)33-19-34-29)16-35-39-18-24-5-2-11-37(24)12-10-32/h1,3-4,6-9,13-16,19,24H,2,5,11-12,17-18H2,(H,33,34,36)/b35-16+/t24-/m0/s1. The van der Waals surface area contributed by atoms with Crippen LogP contribution < -0.4 is 10.1 Å². The minimum Gasteiger partial charge on any atom is -0.487 e. The molecule has 1 aliphatic rings. The van der Waals surface area contributed by atoms with Crippen molar-refractivity contribution in [1.29, 1.82) is 5.26 Å². The van der Waals surface area contributed by atoms with E-state index >= 15 is 0 Å². The number of hydrogen-bond acceptors (Lipinski definition) is 8. The van der Waals surface area contributed by atoms with Crippen molar-refractivity contribution in [1.82, 2.24) is 14.9 Å². The van der Waals surface area contributed by atoms with Crippen LogP contribution in [0.4, 0.5) is 15.9 Å². The van der Waals surface area contributed by atoms with Gasteiger partial charge in [-0.3, -0.25) is 4.90 Å². The molecule has 0 bridgehead atoms. The zero-order chi connectivity index (χ0) is 27.0. The molecule has 3 aromatic carbocycles. The van der Waals surface area contributed by atoms with Gasteiger partial charge >= 0.3 is 0 Å². The number of halogens is 2. The Labute approximate surface area is 230 Å². The lowest BCUT2D eigenvalue weighted by molar-refractivity contribution is 0.0884. The monoisotopic (exact) mass is 544 g/mol. The van der Waals surface area contributed by atoms with E-state index in [1.54, 1.807) is 30.5 Å². The van der Waals surface area contributed by atoms with E-state index in [1.807, 2.05) is 24.3 Å². The molecule has 1 aromatic heterocycles. The van der Waals surface area contributed by atoms with E-state index in [2.05, 4.69) is 31.4 Å². The van der Waals surface area contributed by atoms with E-state index in [1.165, 1.54) is 18.5 Å². The van der Waals surface area contributed by atoms with Crippen LogP contribution >= 0.6 is 11.6 Å². The van der Waals surface area contributed by atoms with Crippen LogP contribution in [0.15, 0.2) is 72.1 Å². The Bertz CT molecular complexity index is 1530. The van der Waals surface area contributed by atoms with E-state index in [0.717, 1.165) is 41.5 Å². The zero-order valence-electron chi connectivity index (χ0n) is 21.1. The Balaban J connectivity index is 1.24. The highest BCUT2D eigenvalue weighted by Crippen LogP contribution is 2.31. The maximum Gasteiger partial charge on any atom is 0.141 e. The molecule has 0 radical (unpaired) electrons. The molecule has 0 spiro atoms. The molecular formula is C29H26ClFN6O2. The predicted molar refractivity (Wildman–Crippen MR) is 149 cm³/mol. The molecule has 10 heteroatoms. The van der Waals surface area contributed by atoms with Gasteiger partial charge in [-0.25, -0.2) is 14.4 Å². The number of hydrogen-bond donors (Lipinski definition) is 1. The summed E-state index contributed by atoms with van der Waals surface area (Å²) in [5, 5.41) is 17.6. The van der Waals surface area contributed by atoms with Crippen LogP contribution in [0.5, 0.6) is 5.75 Å². The van der Waals surface area contributed by atoms with Gasteiger partial charge < -0.3 is 14.9 Å². The van der Waals surface area contributed by atoms with E-state index in [-0.39, 0.29) is 18.5 Å². The average Bonchev–Trinajstić information content (AvgIpc) is 3.38. The van der Waals surface area contributed by atoms with Crippen molar-refractivity contribution >= 4 is 40.2 Å². The van der Waals surface area contributed by atoms with Crippen LogP contribution in [-0.4, -0.2) is 46.8 Å². The summed E-state index contributed by atoms with van der Waals surface area (Å²) in [5.41, 5.74) is 3.04. The second-order valence-corrected chi connectivity index (χ2v) is 9.55. The zero-order valence-corrected chi connectivity index (χ0v) is 21.8. The molecule has 1 N–H and O–H groups in total. The number of ether oxygens (including phenoxy) is 1. The number of anilines is 2. The van der Waals surface area contributed by atoms with Gasteiger partial charge in [0.2, 0.25) is 0 Å². The van der Waals surface area contributed by atoms with Crippen LogP contribution in [-0.2, 0) is 11.4 Å². The summed E-state index contributed by atoms with van der Waals surface area (Å²) in [4.78, 5) is 16.4. The van der Waals surface area contributed by atoms with E-state index in [9.17, 15) is 4.39 Å². The van der Waals surface area contributed by atoms with Gasteiger partial charge in [0.1, 0.15) is 36.9 Å². The molecule has 0 unspecified atom stereocenters. The molecule has 198 valence electrons. The van der Waals surface area contributed by atoms with Gasteiger partial charge in [-0.15, -0.1) is 0 Å². The third kappa shape index (κ3) is 6.79. The maximum atomic E-state index is 13.4. The largest absolute Gasteiger partial charge is 0.487 e. The highest BCUT2D eigenvalue weighted by atomic mass is 35.5. The second-order valence-electron chi connectivity index (χ2n) is 9.14. The van der Waals surface area contributed by atoms with Gasteiger partial charge in [0, 0.05) is 17.1 Å². The number of rotatable bonds is 10. The van der Waals surface area contributed by atoms with Crippen LogP contribution in [0.1, 0.15) is 24.0 Å². The van der Waals surface area contributed by atoms with Crippen molar-refractivity contribution < 1.29 is 14.0 Å². The third-order valence-corrected chi connectivity index (χ3v) is 6.75. The van der Waals surface area contributed by atoms with Gasteiger partial charge in [0.05, 0.1) is 29.4 Å². The van der Waals surface area contributed by atoms with Crippen molar-refractivity contribution in [2.75, 3.05) is 25.0 Å². The molecule has 1 atom stereocenters. The maximum absolute atomic E-state index is 13.4. The summed E-state index contributed by atoms with van der Waals surface area (Å²) in [5.74, 6) is 0.790. The molecular weight excluding hydrogens is 519 g/mol. The van der Waals surface area contributed by atoms with Crippen LogP contribution in [0, 0.1) is 17.1 Å². The lowest BCUT2D eigenvalue weighted by atomic mass is 10.1. The van der Waals surface area contributed by atoms with Crippen LogP contribution in [0.3, 0.4) is 0 Å². The number of nitrogens with zero attached hydrogens (tertiary/aromatic N) is 5. The Morgan fingerprint density at radius 1 is 1.18 bits per heavy atom. The predicted octanol–water partition coefficient (Wildman–Crippen LogP) is 6.08. The fourth-order valence-electron chi connectivity index (χ4n) is 4.48. The molecule has 1 saturated heterocycles. The summed E-state index contributed by atoms with van der Waals surface area (Å²) in [7, 11) is 0. The number of nitrogens with one attached hydrogen (secondary N) is 1. The van der Waals surface area contributed by atoms with Gasteiger partial charge in [-0.2, -0.15) is 5.26 Å². The lowest BCUT2D eigenvalue weighted by Gasteiger charge is -2.19. The quantitative estimate of drug-likeness (QED) is 0.147. The van der Waals surface area contributed by atoms with Gasteiger partial charge in [-0.05, 0) is 73.0 Å². The normalized spacial score (nSPS) is 15.5. The van der Waals surface area contributed by atoms with Crippen LogP contribution in [0.25, 0.3) is 10.9 Å². The van der Waals surface area contributed by atoms with Crippen molar-refractivity contribution in [2.45, 2.75) is 25.5 Å². The molecule has 0 saturated carbocycles. The van der Waals surface area contributed by atoms with Crippen LogP contribution in [0.2, 0.25) is 5.02 Å². The van der Waals surface area contributed by atoms with E-state index < -0.39 is 0 Å². The number of benzene rings is 3. The molecule has 2 heterocycles. The summed E-state index contributed by atoms with van der Waals surface area (Å²) < 4.78 is 19.2. The summed E-state index contributed by atoms with van der Waals surface area (Å²) >= 11 is 6.46. The van der Waals surface area contributed by atoms with Gasteiger partial charge in [0.25, 0.3) is 0 Å². The summed E-state index contributed by atoms with van der Waals surface area (Å²) in [6.07, 6.45) is 5.22. The molecule has 0 aliphatic carbocycles. The fraction of sp³-hybridized carbons (Fsp3) is 0.241. The first kappa shape index (κ1) is 26.4. The molecule has 5 rings (SSSR count). The molecule has 0 amide bonds. The van der Waals surface area contributed by atoms with Crippen molar-refractivity contribution in [2.24, 2.45) is 5.16 Å². The fourth-order valence-corrected chi connectivity index (χ4v) is 4.72. The highest BCUT2D eigenvalue weighted by Gasteiger charge is 2.24. The topological polar surface area (TPSA) is 95.7 Å². The number of fused-ring (bicyclic) bond motifs is 1. The van der Waals surface area contributed by atoms with Crippen molar-refractivity contribution in [3.63, 3.8) is 0 Å². The van der Waals surface area contributed by atoms with Gasteiger partial charge in [0.15, 0.2) is 0 Å². The summed E-state index contributed by atoms with van der Waals surface area (Å²) in [6, 6.07) is 19.7. The number of aromatic nitrogens is 2. The number of likely N-dealkylation sites (tertiary alicyclic amines) is 1. The molecule has 4 aromatic rings.